The Balaban J connectivity index is 2.84. The maximum atomic E-state index is 13.3. The Hall–Kier alpha value is 0.0800. The molecule has 0 aromatic heterocycles. The maximum Gasteiger partial charge on any atom is 0.338 e. The normalized spacial score (nSPS) is 10.6. The fourth-order valence-electron chi connectivity index (χ4n) is 0.999. The minimum atomic E-state index is -0.399. The third kappa shape index (κ3) is 3.83. The van der Waals surface area contributed by atoms with Gasteiger partial charge in [-0.1, -0.05) is 13.8 Å². The van der Waals surface area contributed by atoms with E-state index in [0.29, 0.717) is 25.2 Å². The summed E-state index contributed by atoms with van der Waals surface area (Å²) in [4.78, 5) is 11.6. The summed E-state index contributed by atoms with van der Waals surface area (Å²) in [6, 6.07) is 3.00. The summed E-state index contributed by atoms with van der Waals surface area (Å²) in [7, 11) is 0. The van der Waals surface area contributed by atoms with E-state index in [2.05, 4.69) is 0 Å². The van der Waals surface area contributed by atoms with Crippen LogP contribution in [0.3, 0.4) is 0 Å². The van der Waals surface area contributed by atoms with Crippen molar-refractivity contribution in [2.45, 2.75) is 13.8 Å². The zero-order chi connectivity index (χ0) is 12.3. The van der Waals surface area contributed by atoms with Crippen molar-refractivity contribution in [3.05, 3.63) is 30.7 Å². The molecule has 0 aliphatic rings. The number of hydrogen-bond acceptors (Lipinski definition) is 2. The molecule has 0 saturated carbocycles. The highest BCUT2D eigenvalue weighted by Crippen LogP contribution is 2.20. The van der Waals surface area contributed by atoms with E-state index in [9.17, 15) is 9.18 Å². The molecule has 1 rings (SSSR count). The molecule has 16 heavy (non-hydrogen) atoms. The van der Waals surface area contributed by atoms with Gasteiger partial charge in [0.25, 0.3) is 0 Å². The topological polar surface area (TPSA) is 26.3 Å². The van der Waals surface area contributed by atoms with Gasteiger partial charge in [0.2, 0.25) is 0 Å². The molecule has 0 bridgehead atoms. The first-order valence-corrected chi connectivity index (χ1v) is 6.89. The van der Waals surface area contributed by atoms with E-state index in [4.69, 9.17) is 4.74 Å². The molecule has 5 heteroatoms. The Morgan fingerprint density at radius 3 is 2.31 bits per heavy atom. The molecular formula is C11H11FI2O2. The van der Waals surface area contributed by atoms with E-state index in [1.165, 1.54) is 12.1 Å². The number of esters is 1. The van der Waals surface area contributed by atoms with E-state index in [1.54, 1.807) is 0 Å². The molecule has 0 fully saturated rings. The van der Waals surface area contributed by atoms with Crippen molar-refractivity contribution < 1.29 is 13.9 Å². The van der Waals surface area contributed by atoms with Gasteiger partial charge in [0.05, 0.1) is 19.3 Å². The van der Waals surface area contributed by atoms with Gasteiger partial charge in [0, 0.05) is 0 Å². The van der Waals surface area contributed by atoms with Crippen LogP contribution in [0, 0.1) is 18.9 Å². The molecule has 0 aliphatic carbocycles. The van der Waals surface area contributed by atoms with Crippen LogP contribution in [0.2, 0.25) is 0 Å². The van der Waals surface area contributed by atoms with Crippen molar-refractivity contribution in [2.75, 3.05) is 6.61 Å². The van der Waals surface area contributed by atoms with Crippen molar-refractivity contribution >= 4 is 51.2 Å². The van der Waals surface area contributed by atoms with Crippen molar-refractivity contribution in [3.8, 4) is 0 Å². The molecule has 0 spiro atoms. The van der Waals surface area contributed by atoms with Gasteiger partial charge in [-0.25, -0.2) is 9.18 Å². The third-order valence-electron chi connectivity index (χ3n) is 1.77. The molecule has 88 valence electrons. The van der Waals surface area contributed by atoms with Crippen molar-refractivity contribution in [1.29, 1.82) is 0 Å². The quantitative estimate of drug-likeness (QED) is 0.399. The van der Waals surface area contributed by atoms with Gasteiger partial charge in [0.15, 0.2) is 0 Å². The second-order valence-corrected chi connectivity index (χ2v) is 6.07. The van der Waals surface area contributed by atoms with E-state index < -0.39 is 5.97 Å². The lowest BCUT2D eigenvalue weighted by Crippen LogP contribution is -2.11. The second kappa shape index (κ2) is 6.13. The van der Waals surface area contributed by atoms with Crippen LogP contribution in [0.25, 0.3) is 0 Å². The predicted octanol–water partition coefficient (Wildman–Crippen LogP) is 3.85. The molecule has 0 unspecified atom stereocenters. The Kier molecular flexibility index (Phi) is 5.42. The summed E-state index contributed by atoms with van der Waals surface area (Å²) < 4.78 is 19.3. The first-order valence-electron chi connectivity index (χ1n) is 4.73. The lowest BCUT2D eigenvalue weighted by atomic mass is 10.2. The fraction of sp³-hybridized carbons (Fsp3) is 0.364. The van der Waals surface area contributed by atoms with E-state index in [-0.39, 0.29) is 5.82 Å². The van der Waals surface area contributed by atoms with Crippen LogP contribution in [0.1, 0.15) is 24.2 Å². The van der Waals surface area contributed by atoms with Crippen LogP contribution in [0.4, 0.5) is 4.39 Å². The molecule has 0 saturated heterocycles. The number of ether oxygens (including phenoxy) is 1. The molecule has 0 N–H and O–H groups in total. The molecule has 1 aromatic rings. The number of carbonyl (C=O) groups excluding carboxylic acids is 1. The van der Waals surface area contributed by atoms with Crippen LogP contribution in [0.15, 0.2) is 12.1 Å². The molecule has 0 radical (unpaired) electrons. The summed E-state index contributed by atoms with van der Waals surface area (Å²) >= 11 is 3.73. The fourth-order valence-corrected chi connectivity index (χ4v) is 2.77. The van der Waals surface area contributed by atoms with Gasteiger partial charge in [-0.3, -0.25) is 0 Å². The Morgan fingerprint density at radius 1 is 1.38 bits per heavy atom. The first kappa shape index (κ1) is 14.1. The number of carbonyl (C=O) groups is 1. The summed E-state index contributed by atoms with van der Waals surface area (Å²) in [6.45, 7) is 4.31. The molecule has 0 aliphatic heterocycles. The SMILES string of the molecule is CC(C)COC(=O)c1cc(I)c(F)c(I)c1. The minimum Gasteiger partial charge on any atom is -0.462 e. The van der Waals surface area contributed by atoms with Crippen molar-refractivity contribution in [1.82, 2.24) is 0 Å². The van der Waals surface area contributed by atoms with E-state index in [1.807, 2.05) is 59.0 Å². The number of halogens is 3. The molecule has 0 amide bonds. The largest absolute Gasteiger partial charge is 0.462 e. The average molecular weight is 448 g/mol. The zero-order valence-corrected chi connectivity index (χ0v) is 13.2. The highest BCUT2D eigenvalue weighted by atomic mass is 127. The first-order chi connectivity index (χ1) is 7.41. The summed E-state index contributed by atoms with van der Waals surface area (Å²) in [5.41, 5.74) is 0.399. The van der Waals surface area contributed by atoms with Gasteiger partial charge in [0.1, 0.15) is 5.82 Å². The molecule has 1 aromatic carbocycles. The Bertz CT molecular complexity index is 382. The maximum absolute atomic E-state index is 13.3. The predicted molar refractivity (Wildman–Crippen MR) is 77.0 cm³/mol. The smallest absolute Gasteiger partial charge is 0.338 e. The molecule has 0 atom stereocenters. The van der Waals surface area contributed by atoms with Gasteiger partial charge < -0.3 is 4.74 Å². The van der Waals surface area contributed by atoms with Crippen LogP contribution < -0.4 is 0 Å². The standard InChI is InChI=1S/C11H11FI2O2/c1-6(2)5-16-11(15)7-3-8(13)10(12)9(14)4-7/h3-4,6H,5H2,1-2H3. The molecule has 2 nitrogen and oxygen atoms in total. The third-order valence-corrected chi connectivity index (χ3v) is 3.34. The Morgan fingerprint density at radius 2 is 1.88 bits per heavy atom. The lowest BCUT2D eigenvalue weighted by Gasteiger charge is -2.08. The van der Waals surface area contributed by atoms with Crippen molar-refractivity contribution in [2.24, 2.45) is 5.92 Å². The summed E-state index contributed by atoms with van der Waals surface area (Å²) in [5.74, 6) is -0.395. The number of hydrogen-bond donors (Lipinski definition) is 0. The molecule has 0 heterocycles. The number of rotatable bonds is 3. The van der Waals surface area contributed by atoms with Gasteiger partial charge in [-0.15, -0.1) is 0 Å². The van der Waals surface area contributed by atoms with E-state index >= 15 is 0 Å². The Labute approximate surface area is 121 Å². The lowest BCUT2D eigenvalue weighted by molar-refractivity contribution is 0.0458. The zero-order valence-electron chi connectivity index (χ0n) is 8.89. The van der Waals surface area contributed by atoms with Crippen LogP contribution >= 0.6 is 45.2 Å². The van der Waals surface area contributed by atoms with Crippen LogP contribution in [-0.4, -0.2) is 12.6 Å². The van der Waals surface area contributed by atoms with Gasteiger partial charge >= 0.3 is 5.97 Å². The van der Waals surface area contributed by atoms with Crippen LogP contribution in [0.5, 0.6) is 0 Å². The van der Waals surface area contributed by atoms with Crippen molar-refractivity contribution in [3.63, 3.8) is 0 Å². The number of benzene rings is 1. The van der Waals surface area contributed by atoms with Gasteiger partial charge in [-0.05, 0) is 63.2 Å². The van der Waals surface area contributed by atoms with Crippen LogP contribution in [-0.2, 0) is 4.74 Å². The summed E-state index contributed by atoms with van der Waals surface area (Å²) in [6.07, 6.45) is 0. The monoisotopic (exact) mass is 448 g/mol. The average Bonchev–Trinajstić information content (AvgIpc) is 2.21. The highest BCUT2D eigenvalue weighted by Gasteiger charge is 2.13. The molecular weight excluding hydrogens is 437 g/mol. The summed E-state index contributed by atoms with van der Waals surface area (Å²) in [5, 5.41) is 0. The van der Waals surface area contributed by atoms with E-state index in [0.717, 1.165) is 0 Å². The van der Waals surface area contributed by atoms with Gasteiger partial charge in [-0.2, -0.15) is 0 Å². The highest BCUT2D eigenvalue weighted by molar-refractivity contribution is 14.1. The second-order valence-electron chi connectivity index (χ2n) is 3.75. The minimum absolute atomic E-state index is 0.290.